The molecule has 0 radical (unpaired) electrons. The maximum atomic E-state index is 12.7. The number of para-hydroxylation sites is 1. The monoisotopic (exact) mass is 274 g/mol. The molecule has 1 N–H and O–H groups in total. The van der Waals surface area contributed by atoms with Crippen LogP contribution in [0.25, 0.3) is 0 Å². The second kappa shape index (κ2) is 5.83. The van der Waals surface area contributed by atoms with E-state index in [0.717, 1.165) is 38.1 Å². The van der Waals surface area contributed by atoms with Gasteiger partial charge in [0.2, 0.25) is 5.91 Å². The molecule has 20 heavy (non-hydrogen) atoms. The first-order chi connectivity index (χ1) is 9.74. The summed E-state index contributed by atoms with van der Waals surface area (Å²) in [4.78, 5) is 14.6. The molecule has 108 valence electrons. The van der Waals surface area contributed by atoms with Crippen molar-refractivity contribution < 1.29 is 9.53 Å². The van der Waals surface area contributed by atoms with E-state index >= 15 is 0 Å². The molecule has 2 unspecified atom stereocenters. The molecule has 4 nitrogen and oxygen atoms in total. The summed E-state index contributed by atoms with van der Waals surface area (Å²) in [5.74, 6) is 0.219. The van der Waals surface area contributed by atoms with Crippen molar-refractivity contribution in [3.05, 3.63) is 29.8 Å². The van der Waals surface area contributed by atoms with Gasteiger partial charge in [0.1, 0.15) is 6.04 Å². The van der Waals surface area contributed by atoms with Crippen molar-refractivity contribution in [3.8, 4) is 0 Å². The van der Waals surface area contributed by atoms with Crippen LogP contribution in [-0.4, -0.2) is 42.6 Å². The Morgan fingerprint density at radius 1 is 1.40 bits per heavy atom. The van der Waals surface area contributed by atoms with Crippen molar-refractivity contribution in [1.29, 1.82) is 0 Å². The number of benzene rings is 1. The highest BCUT2D eigenvalue weighted by atomic mass is 16.5. The fraction of sp³-hybridized carbons (Fsp3) is 0.562. The van der Waals surface area contributed by atoms with Crippen LogP contribution >= 0.6 is 0 Å². The average molecular weight is 274 g/mol. The van der Waals surface area contributed by atoms with Crippen molar-refractivity contribution in [2.45, 2.75) is 38.3 Å². The van der Waals surface area contributed by atoms with Gasteiger partial charge in [-0.1, -0.05) is 18.2 Å². The van der Waals surface area contributed by atoms with E-state index in [4.69, 9.17) is 4.74 Å². The second-order valence-electron chi connectivity index (χ2n) is 5.71. The number of hydrogen-bond acceptors (Lipinski definition) is 3. The van der Waals surface area contributed by atoms with Gasteiger partial charge in [0.25, 0.3) is 0 Å². The molecular weight excluding hydrogens is 252 g/mol. The van der Waals surface area contributed by atoms with Crippen molar-refractivity contribution in [1.82, 2.24) is 4.90 Å². The number of nitrogens with zero attached hydrogens (tertiary/aromatic N) is 1. The standard InChI is InChI=1S/C16H22N2O2/c1-12-11-18(9-4-10-20-12)16(19)15-8-7-13-5-2-3-6-14(13)17-15/h2-3,5-6,12,15,17H,4,7-11H2,1H3. The van der Waals surface area contributed by atoms with Crippen LogP contribution in [-0.2, 0) is 16.0 Å². The zero-order valence-corrected chi connectivity index (χ0v) is 12.0. The van der Waals surface area contributed by atoms with Crippen molar-refractivity contribution in [3.63, 3.8) is 0 Å². The number of ether oxygens (including phenoxy) is 1. The largest absolute Gasteiger partial charge is 0.377 e. The number of fused-ring (bicyclic) bond motifs is 1. The Balaban J connectivity index is 1.69. The van der Waals surface area contributed by atoms with Crippen LogP contribution in [0.5, 0.6) is 0 Å². The van der Waals surface area contributed by atoms with Gasteiger partial charge in [0.05, 0.1) is 6.10 Å². The summed E-state index contributed by atoms with van der Waals surface area (Å²) < 4.78 is 5.61. The van der Waals surface area contributed by atoms with Crippen molar-refractivity contribution >= 4 is 11.6 Å². The van der Waals surface area contributed by atoms with Gasteiger partial charge in [-0.3, -0.25) is 4.79 Å². The van der Waals surface area contributed by atoms with Gasteiger partial charge in [0, 0.05) is 25.4 Å². The zero-order chi connectivity index (χ0) is 13.9. The van der Waals surface area contributed by atoms with Crippen molar-refractivity contribution in [2.24, 2.45) is 0 Å². The van der Waals surface area contributed by atoms with Gasteiger partial charge in [0.15, 0.2) is 0 Å². The first kappa shape index (κ1) is 13.4. The van der Waals surface area contributed by atoms with Crippen LogP contribution in [0.3, 0.4) is 0 Å². The molecule has 1 aromatic rings. The maximum absolute atomic E-state index is 12.7. The van der Waals surface area contributed by atoms with E-state index in [-0.39, 0.29) is 18.1 Å². The van der Waals surface area contributed by atoms with E-state index in [9.17, 15) is 4.79 Å². The second-order valence-corrected chi connectivity index (χ2v) is 5.71. The van der Waals surface area contributed by atoms with Crippen LogP contribution < -0.4 is 5.32 Å². The van der Waals surface area contributed by atoms with E-state index < -0.39 is 0 Å². The Morgan fingerprint density at radius 3 is 3.15 bits per heavy atom. The molecule has 2 atom stereocenters. The molecule has 0 spiro atoms. The maximum Gasteiger partial charge on any atom is 0.245 e. The Kier molecular flexibility index (Phi) is 3.92. The average Bonchev–Trinajstić information content (AvgIpc) is 2.70. The fourth-order valence-corrected chi connectivity index (χ4v) is 3.04. The summed E-state index contributed by atoms with van der Waals surface area (Å²) in [5.41, 5.74) is 2.42. The molecule has 2 aliphatic rings. The van der Waals surface area contributed by atoms with Gasteiger partial charge in [-0.25, -0.2) is 0 Å². The van der Waals surface area contributed by atoms with E-state index in [1.54, 1.807) is 0 Å². The number of carbonyl (C=O) groups excluding carboxylic acids is 1. The highest BCUT2D eigenvalue weighted by molar-refractivity contribution is 5.85. The van der Waals surface area contributed by atoms with Gasteiger partial charge in [-0.05, 0) is 37.8 Å². The fourth-order valence-electron chi connectivity index (χ4n) is 3.04. The number of rotatable bonds is 1. The molecule has 0 saturated carbocycles. The lowest BCUT2D eigenvalue weighted by Gasteiger charge is -2.31. The highest BCUT2D eigenvalue weighted by Gasteiger charge is 2.29. The summed E-state index contributed by atoms with van der Waals surface area (Å²) in [7, 11) is 0. The van der Waals surface area contributed by atoms with Gasteiger partial charge < -0.3 is 15.0 Å². The number of hydrogen-bond donors (Lipinski definition) is 1. The smallest absolute Gasteiger partial charge is 0.245 e. The van der Waals surface area contributed by atoms with E-state index in [0.29, 0.717) is 6.54 Å². The summed E-state index contributed by atoms with van der Waals surface area (Å²) in [6.07, 6.45) is 2.91. The lowest BCUT2D eigenvalue weighted by Crippen LogP contribution is -2.46. The molecule has 2 aliphatic heterocycles. The molecule has 1 fully saturated rings. The summed E-state index contributed by atoms with van der Waals surface area (Å²) in [5, 5.41) is 3.40. The Hall–Kier alpha value is -1.55. The third kappa shape index (κ3) is 2.80. The first-order valence-corrected chi connectivity index (χ1v) is 7.49. The minimum atomic E-state index is -0.0878. The molecule has 1 aromatic carbocycles. The third-order valence-electron chi connectivity index (χ3n) is 4.11. The molecule has 3 rings (SSSR count). The lowest BCUT2D eigenvalue weighted by atomic mass is 9.97. The van der Waals surface area contributed by atoms with Crippen LogP contribution in [0.1, 0.15) is 25.3 Å². The Labute approximate surface area is 120 Å². The first-order valence-electron chi connectivity index (χ1n) is 7.49. The Bertz CT molecular complexity index is 489. The third-order valence-corrected chi connectivity index (χ3v) is 4.11. The molecule has 1 saturated heterocycles. The normalized spacial score (nSPS) is 26.4. The van der Waals surface area contributed by atoms with Crippen LogP contribution in [0.15, 0.2) is 24.3 Å². The number of aryl methyl sites for hydroxylation is 1. The van der Waals surface area contributed by atoms with Gasteiger partial charge in [-0.2, -0.15) is 0 Å². The predicted molar refractivity (Wildman–Crippen MR) is 78.8 cm³/mol. The Morgan fingerprint density at radius 2 is 2.25 bits per heavy atom. The van der Waals surface area contributed by atoms with Gasteiger partial charge in [-0.15, -0.1) is 0 Å². The quantitative estimate of drug-likeness (QED) is 0.852. The number of carbonyl (C=O) groups is 1. The number of nitrogens with one attached hydrogen (secondary N) is 1. The topological polar surface area (TPSA) is 41.6 Å². The molecule has 1 amide bonds. The molecule has 0 aliphatic carbocycles. The highest BCUT2D eigenvalue weighted by Crippen LogP contribution is 2.25. The van der Waals surface area contributed by atoms with Crippen LogP contribution in [0.2, 0.25) is 0 Å². The molecule has 0 bridgehead atoms. The summed E-state index contributed by atoms with van der Waals surface area (Å²) >= 11 is 0. The van der Waals surface area contributed by atoms with Crippen molar-refractivity contribution in [2.75, 3.05) is 25.0 Å². The van der Waals surface area contributed by atoms with Crippen LogP contribution in [0, 0.1) is 0 Å². The SMILES string of the molecule is CC1CN(C(=O)C2CCc3ccccc3N2)CCCO1. The lowest BCUT2D eigenvalue weighted by molar-refractivity contribution is -0.132. The molecule has 2 heterocycles. The number of amides is 1. The van der Waals surface area contributed by atoms with E-state index in [1.807, 2.05) is 17.9 Å². The van der Waals surface area contributed by atoms with E-state index in [1.165, 1.54) is 5.56 Å². The minimum absolute atomic E-state index is 0.0878. The summed E-state index contributed by atoms with van der Waals surface area (Å²) in [6.45, 7) is 4.31. The van der Waals surface area contributed by atoms with Crippen LogP contribution in [0.4, 0.5) is 5.69 Å². The van der Waals surface area contributed by atoms with Gasteiger partial charge >= 0.3 is 0 Å². The number of anilines is 1. The molecule has 4 heteroatoms. The molecule has 0 aromatic heterocycles. The summed E-state index contributed by atoms with van der Waals surface area (Å²) in [6, 6.07) is 8.17. The zero-order valence-electron chi connectivity index (χ0n) is 12.0. The predicted octanol–water partition coefficient (Wildman–Crippen LogP) is 2.05. The molecular formula is C16H22N2O2. The van der Waals surface area contributed by atoms with E-state index in [2.05, 4.69) is 23.5 Å². The minimum Gasteiger partial charge on any atom is -0.377 e.